The maximum atomic E-state index is 12.3. The highest BCUT2D eigenvalue weighted by atomic mass is 16.1. The van der Waals surface area contributed by atoms with Crippen LogP contribution in [0.2, 0.25) is 0 Å². The van der Waals surface area contributed by atoms with Crippen molar-refractivity contribution in [3.05, 3.63) is 33.7 Å². The molecule has 0 aliphatic carbocycles. The van der Waals surface area contributed by atoms with Crippen molar-refractivity contribution in [2.24, 2.45) is 0 Å². The van der Waals surface area contributed by atoms with Gasteiger partial charge in [0.2, 0.25) is 0 Å². The smallest absolute Gasteiger partial charge is 0.255 e. The molecule has 1 unspecified atom stereocenters. The molecule has 3 heteroatoms. The predicted molar refractivity (Wildman–Crippen MR) is 76.9 cm³/mol. The molecule has 0 saturated heterocycles. The van der Waals surface area contributed by atoms with Gasteiger partial charge in [-0.15, -0.1) is 0 Å². The third kappa shape index (κ3) is 3.98. The molecule has 0 saturated carbocycles. The van der Waals surface area contributed by atoms with Gasteiger partial charge in [0, 0.05) is 30.4 Å². The molecule has 0 bridgehead atoms. The standard InChI is InChI=1S/C15H26N2O/c1-5-7-10-17-13(4)8-9-14(15(17)18)11-16-12(3)6-2/h8-9,12,16H,5-7,10-11H2,1-4H3. The molecule has 1 N–H and O–H groups in total. The largest absolute Gasteiger partial charge is 0.313 e. The summed E-state index contributed by atoms with van der Waals surface area (Å²) >= 11 is 0. The Labute approximate surface area is 110 Å². The first-order chi connectivity index (χ1) is 8.60. The van der Waals surface area contributed by atoms with E-state index in [9.17, 15) is 4.79 Å². The lowest BCUT2D eigenvalue weighted by Gasteiger charge is -2.14. The molecule has 1 aromatic heterocycles. The van der Waals surface area contributed by atoms with Gasteiger partial charge < -0.3 is 9.88 Å². The van der Waals surface area contributed by atoms with Crippen molar-refractivity contribution in [3.8, 4) is 0 Å². The van der Waals surface area contributed by atoms with Gasteiger partial charge in [0.15, 0.2) is 0 Å². The molecule has 0 aromatic carbocycles. The lowest BCUT2D eigenvalue weighted by atomic mass is 10.2. The first-order valence-electron chi connectivity index (χ1n) is 7.02. The second kappa shape index (κ2) is 7.37. The second-order valence-corrected chi connectivity index (χ2v) is 5.00. The molecule has 1 heterocycles. The van der Waals surface area contributed by atoms with Gasteiger partial charge in [-0.25, -0.2) is 0 Å². The lowest BCUT2D eigenvalue weighted by molar-refractivity contribution is 0.525. The molecule has 102 valence electrons. The van der Waals surface area contributed by atoms with E-state index in [1.54, 1.807) is 0 Å². The molecule has 0 aliphatic rings. The van der Waals surface area contributed by atoms with Gasteiger partial charge in [-0.3, -0.25) is 4.79 Å². The average Bonchev–Trinajstić information content (AvgIpc) is 2.37. The molecule has 1 rings (SSSR count). The van der Waals surface area contributed by atoms with Crippen molar-refractivity contribution in [1.29, 1.82) is 0 Å². The van der Waals surface area contributed by atoms with Crippen LogP contribution >= 0.6 is 0 Å². The zero-order chi connectivity index (χ0) is 13.5. The number of rotatable bonds is 7. The topological polar surface area (TPSA) is 34.0 Å². The van der Waals surface area contributed by atoms with E-state index >= 15 is 0 Å². The zero-order valence-electron chi connectivity index (χ0n) is 12.1. The number of unbranched alkanes of at least 4 members (excludes halogenated alkanes) is 1. The second-order valence-electron chi connectivity index (χ2n) is 5.00. The van der Waals surface area contributed by atoms with Crippen LogP contribution < -0.4 is 10.9 Å². The molecule has 0 radical (unpaired) electrons. The Morgan fingerprint density at radius 2 is 2.06 bits per heavy atom. The van der Waals surface area contributed by atoms with Crippen LogP contribution in [0.4, 0.5) is 0 Å². The van der Waals surface area contributed by atoms with Crippen molar-refractivity contribution in [2.75, 3.05) is 0 Å². The van der Waals surface area contributed by atoms with Gasteiger partial charge in [0.1, 0.15) is 0 Å². The molecule has 18 heavy (non-hydrogen) atoms. The SMILES string of the molecule is CCCCn1c(C)ccc(CNC(C)CC)c1=O. The van der Waals surface area contributed by atoms with Crippen LogP contribution in [0.5, 0.6) is 0 Å². The van der Waals surface area contributed by atoms with E-state index < -0.39 is 0 Å². The summed E-state index contributed by atoms with van der Waals surface area (Å²) in [6.45, 7) is 9.94. The van der Waals surface area contributed by atoms with Crippen LogP contribution in [-0.2, 0) is 13.1 Å². The minimum Gasteiger partial charge on any atom is -0.313 e. The van der Waals surface area contributed by atoms with Gasteiger partial charge in [-0.05, 0) is 32.8 Å². The zero-order valence-corrected chi connectivity index (χ0v) is 12.1. The molecule has 1 aromatic rings. The monoisotopic (exact) mass is 250 g/mol. The fraction of sp³-hybridized carbons (Fsp3) is 0.667. The Kier molecular flexibility index (Phi) is 6.13. The summed E-state index contributed by atoms with van der Waals surface area (Å²) < 4.78 is 1.90. The van der Waals surface area contributed by atoms with E-state index in [-0.39, 0.29) is 5.56 Å². The number of hydrogen-bond acceptors (Lipinski definition) is 2. The van der Waals surface area contributed by atoms with E-state index in [4.69, 9.17) is 0 Å². The van der Waals surface area contributed by atoms with E-state index in [0.29, 0.717) is 12.6 Å². The maximum absolute atomic E-state index is 12.3. The number of hydrogen-bond donors (Lipinski definition) is 1. The quantitative estimate of drug-likeness (QED) is 0.807. The summed E-state index contributed by atoms with van der Waals surface area (Å²) in [5.41, 5.74) is 2.09. The Morgan fingerprint density at radius 1 is 1.33 bits per heavy atom. The van der Waals surface area contributed by atoms with Gasteiger partial charge in [0.05, 0.1) is 0 Å². The summed E-state index contributed by atoms with van der Waals surface area (Å²) in [5, 5.41) is 3.38. The van der Waals surface area contributed by atoms with Crippen LogP contribution in [0.3, 0.4) is 0 Å². The predicted octanol–water partition coefficient (Wildman–Crippen LogP) is 2.84. The van der Waals surface area contributed by atoms with E-state index in [2.05, 4.69) is 26.1 Å². The average molecular weight is 250 g/mol. The van der Waals surface area contributed by atoms with Gasteiger partial charge in [0.25, 0.3) is 5.56 Å². The third-order valence-electron chi connectivity index (χ3n) is 3.46. The minimum absolute atomic E-state index is 0.166. The fourth-order valence-electron chi connectivity index (χ4n) is 1.87. The van der Waals surface area contributed by atoms with Crippen molar-refractivity contribution >= 4 is 0 Å². The third-order valence-corrected chi connectivity index (χ3v) is 3.46. The van der Waals surface area contributed by atoms with Crippen LogP contribution in [0.25, 0.3) is 0 Å². The molecular formula is C15H26N2O. The normalized spacial score (nSPS) is 12.7. The van der Waals surface area contributed by atoms with Crippen molar-refractivity contribution < 1.29 is 0 Å². The Morgan fingerprint density at radius 3 is 2.67 bits per heavy atom. The number of aryl methyl sites for hydroxylation is 1. The van der Waals surface area contributed by atoms with Crippen LogP contribution in [0.1, 0.15) is 51.3 Å². The minimum atomic E-state index is 0.166. The van der Waals surface area contributed by atoms with E-state index in [1.807, 2.05) is 23.6 Å². The number of nitrogens with zero attached hydrogens (tertiary/aromatic N) is 1. The van der Waals surface area contributed by atoms with Crippen LogP contribution in [-0.4, -0.2) is 10.6 Å². The lowest BCUT2D eigenvalue weighted by Crippen LogP contribution is -2.31. The summed E-state index contributed by atoms with van der Waals surface area (Å²) in [7, 11) is 0. The van der Waals surface area contributed by atoms with Crippen molar-refractivity contribution in [3.63, 3.8) is 0 Å². The number of pyridine rings is 1. The summed E-state index contributed by atoms with van der Waals surface area (Å²) in [6, 6.07) is 4.45. The molecular weight excluding hydrogens is 224 g/mol. The maximum Gasteiger partial charge on any atom is 0.255 e. The van der Waals surface area contributed by atoms with Crippen LogP contribution in [0.15, 0.2) is 16.9 Å². The van der Waals surface area contributed by atoms with Gasteiger partial charge in [-0.2, -0.15) is 0 Å². The van der Waals surface area contributed by atoms with Crippen molar-refractivity contribution in [1.82, 2.24) is 9.88 Å². The van der Waals surface area contributed by atoms with E-state index in [0.717, 1.165) is 37.1 Å². The number of nitrogens with one attached hydrogen (secondary N) is 1. The Bertz CT molecular complexity index is 423. The highest BCUT2D eigenvalue weighted by Crippen LogP contribution is 2.02. The Hall–Kier alpha value is -1.09. The molecule has 1 atom stereocenters. The molecule has 0 aliphatic heterocycles. The first kappa shape index (κ1) is 15.0. The number of aromatic nitrogens is 1. The van der Waals surface area contributed by atoms with Gasteiger partial charge >= 0.3 is 0 Å². The summed E-state index contributed by atoms with van der Waals surface area (Å²) in [4.78, 5) is 12.3. The van der Waals surface area contributed by atoms with Crippen LogP contribution in [0, 0.1) is 6.92 Å². The highest BCUT2D eigenvalue weighted by Gasteiger charge is 2.07. The Balaban J connectivity index is 2.84. The van der Waals surface area contributed by atoms with E-state index in [1.165, 1.54) is 0 Å². The molecule has 0 spiro atoms. The molecule has 3 nitrogen and oxygen atoms in total. The molecule has 0 fully saturated rings. The molecule has 0 amide bonds. The summed E-state index contributed by atoms with van der Waals surface area (Å²) in [5.74, 6) is 0. The fourth-order valence-corrected chi connectivity index (χ4v) is 1.87. The highest BCUT2D eigenvalue weighted by molar-refractivity contribution is 5.15. The first-order valence-corrected chi connectivity index (χ1v) is 7.02. The van der Waals surface area contributed by atoms with Gasteiger partial charge in [-0.1, -0.05) is 26.3 Å². The summed E-state index contributed by atoms with van der Waals surface area (Å²) in [6.07, 6.45) is 3.25. The van der Waals surface area contributed by atoms with Crippen molar-refractivity contribution in [2.45, 2.75) is 66.1 Å².